The quantitative estimate of drug-likeness (QED) is 0.434. The number of hydrazone groups is 2. The van der Waals surface area contributed by atoms with Crippen molar-refractivity contribution >= 4 is 12.4 Å². The van der Waals surface area contributed by atoms with Crippen molar-refractivity contribution in [3.63, 3.8) is 0 Å². The fraction of sp³-hybridized carbons (Fsp3) is 0.462. The molecule has 2 aromatic rings. The Morgan fingerprint density at radius 1 is 0.588 bits per heavy atom. The SMILES string of the molecule is CCOc1ccc(/C=N\N2CCN(/N=C\c3ccc(OCC)c(OCC)c3)CC2)cc1OCC. The van der Waals surface area contributed by atoms with Crippen LogP contribution in [-0.4, -0.2) is 75.1 Å². The van der Waals surface area contributed by atoms with Gasteiger partial charge < -0.3 is 18.9 Å². The topological polar surface area (TPSA) is 68.1 Å². The Morgan fingerprint density at radius 3 is 1.29 bits per heavy atom. The van der Waals surface area contributed by atoms with Gasteiger partial charge in [0.2, 0.25) is 0 Å². The molecule has 0 aliphatic carbocycles. The van der Waals surface area contributed by atoms with Gasteiger partial charge in [-0.2, -0.15) is 10.2 Å². The zero-order chi connectivity index (χ0) is 24.2. The van der Waals surface area contributed by atoms with E-state index in [0.29, 0.717) is 26.4 Å². The van der Waals surface area contributed by atoms with Crippen LogP contribution in [0.25, 0.3) is 0 Å². The summed E-state index contributed by atoms with van der Waals surface area (Å²) in [5.74, 6) is 3.01. The molecule has 2 aromatic carbocycles. The molecule has 1 aliphatic rings. The van der Waals surface area contributed by atoms with Gasteiger partial charge in [0.05, 0.1) is 65.0 Å². The highest BCUT2D eigenvalue weighted by Crippen LogP contribution is 2.29. The minimum absolute atomic E-state index is 0.590. The molecule has 8 heteroatoms. The Morgan fingerprint density at radius 2 is 0.941 bits per heavy atom. The number of nitrogens with zero attached hydrogens (tertiary/aromatic N) is 4. The minimum Gasteiger partial charge on any atom is -0.490 e. The average molecular weight is 469 g/mol. The van der Waals surface area contributed by atoms with E-state index in [1.807, 2.05) is 76.5 Å². The van der Waals surface area contributed by atoms with E-state index in [0.717, 1.165) is 60.3 Å². The molecule has 1 fully saturated rings. The van der Waals surface area contributed by atoms with E-state index in [2.05, 4.69) is 20.2 Å². The molecule has 184 valence electrons. The van der Waals surface area contributed by atoms with E-state index >= 15 is 0 Å². The highest BCUT2D eigenvalue weighted by atomic mass is 16.5. The van der Waals surface area contributed by atoms with Gasteiger partial charge in [-0.25, -0.2) is 0 Å². The Kier molecular flexibility index (Phi) is 9.88. The molecule has 0 atom stereocenters. The maximum absolute atomic E-state index is 5.70. The molecule has 0 bridgehead atoms. The predicted octanol–water partition coefficient (Wildman–Crippen LogP) is 4.27. The third kappa shape index (κ3) is 7.30. The Bertz CT molecular complexity index is 878. The van der Waals surface area contributed by atoms with Crippen molar-refractivity contribution in [3.05, 3.63) is 47.5 Å². The summed E-state index contributed by atoms with van der Waals surface area (Å²) in [7, 11) is 0. The molecular formula is C26H36N4O4. The van der Waals surface area contributed by atoms with E-state index in [9.17, 15) is 0 Å². The van der Waals surface area contributed by atoms with Gasteiger partial charge in [0, 0.05) is 0 Å². The normalized spacial score (nSPS) is 14.1. The van der Waals surface area contributed by atoms with Crippen LogP contribution >= 0.6 is 0 Å². The van der Waals surface area contributed by atoms with E-state index in [1.54, 1.807) is 0 Å². The van der Waals surface area contributed by atoms with Crippen molar-refractivity contribution < 1.29 is 18.9 Å². The van der Waals surface area contributed by atoms with Crippen molar-refractivity contribution in [2.24, 2.45) is 10.2 Å². The van der Waals surface area contributed by atoms with Crippen LogP contribution in [0.15, 0.2) is 46.6 Å². The lowest BCUT2D eigenvalue weighted by atomic mass is 10.2. The molecule has 8 nitrogen and oxygen atoms in total. The van der Waals surface area contributed by atoms with Crippen LogP contribution < -0.4 is 18.9 Å². The number of benzene rings is 2. The van der Waals surface area contributed by atoms with Crippen molar-refractivity contribution in [1.82, 2.24) is 10.0 Å². The highest BCUT2D eigenvalue weighted by molar-refractivity contribution is 5.81. The van der Waals surface area contributed by atoms with E-state index in [4.69, 9.17) is 18.9 Å². The molecule has 0 spiro atoms. The van der Waals surface area contributed by atoms with Crippen LogP contribution in [0.4, 0.5) is 0 Å². The molecule has 0 N–H and O–H groups in total. The van der Waals surface area contributed by atoms with Gasteiger partial charge in [0.15, 0.2) is 23.0 Å². The molecule has 0 amide bonds. The lowest BCUT2D eigenvalue weighted by Crippen LogP contribution is -2.41. The molecule has 3 rings (SSSR count). The molecule has 1 saturated heterocycles. The van der Waals surface area contributed by atoms with Crippen molar-refractivity contribution in [3.8, 4) is 23.0 Å². The van der Waals surface area contributed by atoms with Crippen molar-refractivity contribution in [1.29, 1.82) is 0 Å². The van der Waals surface area contributed by atoms with Gasteiger partial charge >= 0.3 is 0 Å². The van der Waals surface area contributed by atoms with E-state index in [1.165, 1.54) is 0 Å². The summed E-state index contributed by atoms with van der Waals surface area (Å²) in [6, 6.07) is 11.8. The smallest absolute Gasteiger partial charge is 0.161 e. The van der Waals surface area contributed by atoms with Crippen LogP contribution in [0.5, 0.6) is 23.0 Å². The number of piperazine rings is 1. The number of hydrogen-bond donors (Lipinski definition) is 0. The predicted molar refractivity (Wildman–Crippen MR) is 136 cm³/mol. The Labute approximate surface area is 202 Å². The number of ether oxygens (including phenoxy) is 4. The summed E-state index contributed by atoms with van der Waals surface area (Å²) in [6.07, 6.45) is 3.73. The molecule has 1 heterocycles. The second-order valence-corrected chi connectivity index (χ2v) is 7.54. The lowest BCUT2D eigenvalue weighted by molar-refractivity contribution is 0.141. The summed E-state index contributed by atoms with van der Waals surface area (Å²) in [4.78, 5) is 0. The van der Waals surface area contributed by atoms with Crippen LogP contribution in [0.1, 0.15) is 38.8 Å². The summed E-state index contributed by atoms with van der Waals surface area (Å²) in [5, 5.41) is 13.4. The minimum atomic E-state index is 0.590. The van der Waals surface area contributed by atoms with Crippen LogP contribution in [0.3, 0.4) is 0 Å². The van der Waals surface area contributed by atoms with Gasteiger partial charge in [-0.3, -0.25) is 10.0 Å². The highest BCUT2D eigenvalue weighted by Gasteiger charge is 2.14. The second kappa shape index (κ2) is 13.3. The lowest BCUT2D eigenvalue weighted by Gasteiger charge is -2.31. The van der Waals surface area contributed by atoms with Crippen LogP contribution in [0.2, 0.25) is 0 Å². The maximum Gasteiger partial charge on any atom is 0.161 e. The monoisotopic (exact) mass is 468 g/mol. The first-order chi connectivity index (χ1) is 16.7. The fourth-order valence-electron chi connectivity index (χ4n) is 3.51. The van der Waals surface area contributed by atoms with Crippen LogP contribution in [0, 0.1) is 0 Å². The first-order valence-electron chi connectivity index (χ1n) is 12.0. The fourth-order valence-corrected chi connectivity index (χ4v) is 3.51. The van der Waals surface area contributed by atoms with Gasteiger partial charge in [0.1, 0.15) is 0 Å². The summed E-state index contributed by atoms with van der Waals surface area (Å²) in [5.41, 5.74) is 1.96. The summed E-state index contributed by atoms with van der Waals surface area (Å²) >= 11 is 0. The number of hydrogen-bond acceptors (Lipinski definition) is 8. The summed E-state index contributed by atoms with van der Waals surface area (Å²) in [6.45, 7) is 13.5. The molecule has 0 radical (unpaired) electrons. The first kappa shape index (κ1) is 25.2. The van der Waals surface area contributed by atoms with Gasteiger partial charge in [-0.05, 0) is 75.2 Å². The third-order valence-corrected chi connectivity index (χ3v) is 5.11. The maximum atomic E-state index is 5.70. The molecular weight excluding hydrogens is 432 g/mol. The average Bonchev–Trinajstić information content (AvgIpc) is 2.85. The second-order valence-electron chi connectivity index (χ2n) is 7.54. The zero-order valence-electron chi connectivity index (χ0n) is 20.7. The molecule has 1 aliphatic heterocycles. The Balaban J connectivity index is 1.54. The molecule has 0 aromatic heterocycles. The largest absolute Gasteiger partial charge is 0.490 e. The summed E-state index contributed by atoms with van der Waals surface area (Å²) < 4.78 is 22.7. The molecule has 0 saturated carbocycles. The van der Waals surface area contributed by atoms with Crippen LogP contribution in [-0.2, 0) is 0 Å². The number of rotatable bonds is 12. The van der Waals surface area contributed by atoms with E-state index < -0.39 is 0 Å². The van der Waals surface area contributed by atoms with Gasteiger partial charge in [-0.1, -0.05) is 0 Å². The van der Waals surface area contributed by atoms with E-state index in [-0.39, 0.29) is 0 Å². The zero-order valence-corrected chi connectivity index (χ0v) is 20.7. The molecule has 34 heavy (non-hydrogen) atoms. The standard InChI is InChI=1S/C26H36N4O4/c1-5-31-23-11-9-21(17-25(23)33-7-3)19-27-29-13-15-30(16-14-29)28-20-22-10-12-24(32-6-2)26(18-22)34-8-4/h9-12,17-20H,5-8,13-16H2,1-4H3/b27-19-,28-20-. The van der Waals surface area contributed by atoms with Gasteiger partial charge in [0.25, 0.3) is 0 Å². The third-order valence-electron chi connectivity index (χ3n) is 5.11. The molecule has 0 unspecified atom stereocenters. The van der Waals surface area contributed by atoms with Crippen molar-refractivity contribution in [2.45, 2.75) is 27.7 Å². The Hall–Kier alpha value is -3.42. The first-order valence-corrected chi connectivity index (χ1v) is 12.0. The van der Waals surface area contributed by atoms with Gasteiger partial charge in [-0.15, -0.1) is 0 Å². The van der Waals surface area contributed by atoms with Crippen molar-refractivity contribution in [2.75, 3.05) is 52.6 Å².